The van der Waals surface area contributed by atoms with Crippen LogP contribution in [0.4, 0.5) is 4.79 Å². The standard InChI is InChI=1S/C25H40N4O6S/c1-15(2)12-18(29-23(32)20(36)14-27-24(33)35-25(3,4)5)22(31)28-19(21(30)26-6)13-16-8-10-17(34-7)11-9-16/h8-11,15,18-20,36H,12-14H2,1-7H3,(H,26,30)(H,27,33)(H,28,31)(H,29,32)/t18-,19-,20?/m0/s1. The van der Waals surface area contributed by atoms with E-state index in [-0.39, 0.29) is 24.8 Å². The average Bonchev–Trinajstić information content (AvgIpc) is 2.80. The second kappa shape index (κ2) is 14.6. The second-order valence-electron chi connectivity index (χ2n) is 9.82. The van der Waals surface area contributed by atoms with E-state index >= 15 is 0 Å². The minimum atomic E-state index is -0.908. The maximum absolute atomic E-state index is 13.1. The van der Waals surface area contributed by atoms with E-state index in [2.05, 4.69) is 33.9 Å². The van der Waals surface area contributed by atoms with Crippen molar-refractivity contribution in [1.82, 2.24) is 21.3 Å². The minimum absolute atomic E-state index is 0.0827. The van der Waals surface area contributed by atoms with Crippen LogP contribution in [0.2, 0.25) is 0 Å². The van der Waals surface area contributed by atoms with E-state index in [1.807, 2.05) is 26.0 Å². The molecule has 4 N–H and O–H groups in total. The van der Waals surface area contributed by atoms with Gasteiger partial charge in [0.1, 0.15) is 23.4 Å². The number of hydrogen-bond donors (Lipinski definition) is 5. The fourth-order valence-corrected chi connectivity index (χ4v) is 3.38. The molecular weight excluding hydrogens is 484 g/mol. The van der Waals surface area contributed by atoms with Gasteiger partial charge >= 0.3 is 6.09 Å². The molecule has 0 fully saturated rings. The number of nitrogens with one attached hydrogen (secondary N) is 4. The summed E-state index contributed by atoms with van der Waals surface area (Å²) in [6, 6.07) is 5.45. The van der Waals surface area contributed by atoms with Crippen LogP contribution in [0.1, 0.15) is 46.6 Å². The maximum Gasteiger partial charge on any atom is 0.407 e. The predicted molar refractivity (Wildman–Crippen MR) is 141 cm³/mol. The van der Waals surface area contributed by atoms with Crippen molar-refractivity contribution >= 4 is 36.4 Å². The zero-order valence-corrected chi connectivity index (χ0v) is 23.0. The maximum atomic E-state index is 13.1. The molecule has 0 saturated carbocycles. The molecule has 0 bridgehead atoms. The summed E-state index contributed by atoms with van der Waals surface area (Å²) in [5.74, 6) is -0.607. The van der Waals surface area contributed by atoms with Gasteiger partial charge in [-0.25, -0.2) is 4.79 Å². The fourth-order valence-electron chi connectivity index (χ4n) is 3.21. The lowest BCUT2D eigenvalue weighted by molar-refractivity contribution is -0.132. The molecule has 202 valence electrons. The van der Waals surface area contributed by atoms with Gasteiger partial charge in [-0.15, -0.1) is 0 Å². The molecule has 0 aromatic heterocycles. The lowest BCUT2D eigenvalue weighted by Crippen LogP contribution is -2.55. The highest BCUT2D eigenvalue weighted by molar-refractivity contribution is 7.81. The van der Waals surface area contributed by atoms with Crippen LogP contribution >= 0.6 is 12.6 Å². The molecular formula is C25H40N4O6S. The van der Waals surface area contributed by atoms with Gasteiger partial charge in [-0.05, 0) is 50.8 Å². The normalized spacial score (nSPS) is 13.7. The predicted octanol–water partition coefficient (Wildman–Crippen LogP) is 1.82. The monoisotopic (exact) mass is 524 g/mol. The van der Waals surface area contributed by atoms with Crippen molar-refractivity contribution in [2.45, 2.75) is 70.4 Å². The Balaban J connectivity index is 2.85. The van der Waals surface area contributed by atoms with Gasteiger partial charge in [0.05, 0.1) is 12.4 Å². The second-order valence-corrected chi connectivity index (χ2v) is 10.4. The van der Waals surface area contributed by atoms with Crippen LogP contribution in [-0.2, 0) is 25.5 Å². The third kappa shape index (κ3) is 11.7. The Morgan fingerprint density at radius 1 is 0.944 bits per heavy atom. The topological polar surface area (TPSA) is 135 Å². The number of thiol groups is 1. The van der Waals surface area contributed by atoms with Crippen LogP contribution in [-0.4, -0.2) is 67.5 Å². The number of likely N-dealkylation sites (N-methyl/N-ethyl adjacent to an activating group) is 1. The van der Waals surface area contributed by atoms with Crippen LogP contribution in [0.3, 0.4) is 0 Å². The van der Waals surface area contributed by atoms with Crippen molar-refractivity contribution in [2.24, 2.45) is 5.92 Å². The Hall–Kier alpha value is -2.95. The van der Waals surface area contributed by atoms with E-state index < -0.39 is 40.8 Å². The smallest absolute Gasteiger partial charge is 0.407 e. The van der Waals surface area contributed by atoms with Crippen molar-refractivity contribution in [3.05, 3.63) is 29.8 Å². The number of carbonyl (C=O) groups excluding carboxylic acids is 4. The van der Waals surface area contributed by atoms with E-state index in [1.165, 1.54) is 7.05 Å². The number of rotatable bonds is 12. The first-order valence-electron chi connectivity index (χ1n) is 11.9. The van der Waals surface area contributed by atoms with Crippen LogP contribution in [0, 0.1) is 5.92 Å². The minimum Gasteiger partial charge on any atom is -0.497 e. The largest absolute Gasteiger partial charge is 0.497 e. The van der Waals surface area contributed by atoms with E-state index in [0.717, 1.165) is 5.56 Å². The van der Waals surface area contributed by atoms with Gasteiger partial charge < -0.3 is 30.7 Å². The summed E-state index contributed by atoms with van der Waals surface area (Å²) in [6.45, 7) is 8.94. The molecule has 0 radical (unpaired) electrons. The van der Waals surface area contributed by atoms with Gasteiger partial charge in [0, 0.05) is 20.0 Å². The fraction of sp³-hybridized carbons (Fsp3) is 0.600. The number of alkyl carbamates (subject to hydrolysis) is 1. The first kappa shape index (κ1) is 31.1. The lowest BCUT2D eigenvalue weighted by atomic mass is 10.0. The van der Waals surface area contributed by atoms with E-state index in [0.29, 0.717) is 12.2 Å². The molecule has 36 heavy (non-hydrogen) atoms. The molecule has 4 amide bonds. The Kier molecular flexibility index (Phi) is 12.6. The molecule has 0 aliphatic carbocycles. The molecule has 1 rings (SSSR count). The lowest BCUT2D eigenvalue weighted by Gasteiger charge is -2.25. The van der Waals surface area contributed by atoms with Gasteiger partial charge in [0.2, 0.25) is 17.7 Å². The molecule has 1 unspecified atom stereocenters. The summed E-state index contributed by atoms with van der Waals surface area (Å²) in [7, 11) is 3.06. The van der Waals surface area contributed by atoms with E-state index in [4.69, 9.17) is 9.47 Å². The zero-order chi connectivity index (χ0) is 27.5. The molecule has 0 spiro atoms. The number of methoxy groups -OCH3 is 1. The van der Waals surface area contributed by atoms with Gasteiger partial charge in [-0.3, -0.25) is 14.4 Å². The van der Waals surface area contributed by atoms with Crippen LogP contribution < -0.4 is 26.0 Å². The Morgan fingerprint density at radius 2 is 1.53 bits per heavy atom. The molecule has 0 heterocycles. The quantitative estimate of drug-likeness (QED) is 0.265. The first-order valence-corrected chi connectivity index (χ1v) is 12.4. The SMILES string of the molecule is CNC(=O)[C@H](Cc1ccc(OC)cc1)NC(=O)[C@H](CC(C)C)NC(=O)C(S)CNC(=O)OC(C)(C)C. The molecule has 1 aromatic rings. The first-order chi connectivity index (χ1) is 16.7. The van der Waals surface area contributed by atoms with Crippen molar-refractivity contribution in [2.75, 3.05) is 20.7 Å². The van der Waals surface area contributed by atoms with Crippen molar-refractivity contribution in [3.63, 3.8) is 0 Å². The number of carbonyl (C=O) groups is 4. The molecule has 0 aliphatic heterocycles. The molecule has 10 nitrogen and oxygen atoms in total. The molecule has 0 saturated heterocycles. The summed E-state index contributed by atoms with van der Waals surface area (Å²) >= 11 is 4.26. The number of benzene rings is 1. The Labute approximate surface area is 219 Å². The highest BCUT2D eigenvalue weighted by Gasteiger charge is 2.29. The molecule has 0 aliphatic rings. The van der Waals surface area contributed by atoms with Gasteiger partial charge in [-0.2, -0.15) is 12.6 Å². The third-order valence-electron chi connectivity index (χ3n) is 4.96. The van der Waals surface area contributed by atoms with Crippen LogP contribution in [0.25, 0.3) is 0 Å². The van der Waals surface area contributed by atoms with E-state index in [9.17, 15) is 19.2 Å². The molecule has 1 aromatic carbocycles. The Bertz CT molecular complexity index is 886. The number of hydrogen-bond acceptors (Lipinski definition) is 7. The summed E-state index contributed by atoms with van der Waals surface area (Å²) in [6.07, 6.45) is -0.0642. The summed E-state index contributed by atoms with van der Waals surface area (Å²) in [5.41, 5.74) is 0.157. The average molecular weight is 525 g/mol. The summed E-state index contributed by atoms with van der Waals surface area (Å²) in [4.78, 5) is 50.2. The van der Waals surface area contributed by atoms with Crippen LogP contribution in [0.5, 0.6) is 5.75 Å². The van der Waals surface area contributed by atoms with Gasteiger partial charge in [-0.1, -0.05) is 26.0 Å². The van der Waals surface area contributed by atoms with Crippen molar-refractivity contribution in [1.29, 1.82) is 0 Å². The van der Waals surface area contributed by atoms with E-state index in [1.54, 1.807) is 40.0 Å². The third-order valence-corrected chi connectivity index (χ3v) is 5.38. The molecule has 3 atom stereocenters. The van der Waals surface area contributed by atoms with Crippen LogP contribution in [0.15, 0.2) is 24.3 Å². The Morgan fingerprint density at radius 3 is 2.03 bits per heavy atom. The molecule has 11 heteroatoms. The van der Waals surface area contributed by atoms with Crippen molar-refractivity contribution in [3.8, 4) is 5.75 Å². The number of ether oxygens (including phenoxy) is 2. The summed E-state index contributed by atoms with van der Waals surface area (Å²) < 4.78 is 10.3. The van der Waals surface area contributed by atoms with Gasteiger partial charge in [0.15, 0.2) is 0 Å². The highest BCUT2D eigenvalue weighted by Crippen LogP contribution is 2.14. The number of amides is 4. The van der Waals surface area contributed by atoms with Gasteiger partial charge in [0.25, 0.3) is 0 Å². The highest BCUT2D eigenvalue weighted by atomic mass is 32.1. The summed E-state index contributed by atoms with van der Waals surface area (Å²) in [5, 5.41) is 9.60. The van der Waals surface area contributed by atoms with Crippen molar-refractivity contribution < 1.29 is 28.7 Å². The zero-order valence-electron chi connectivity index (χ0n) is 22.1.